The summed E-state index contributed by atoms with van der Waals surface area (Å²) in [5, 5.41) is 0. The molecular formula is C14H22N2O3S. The SMILES string of the molecule is Cc1ccccc1S(=O)(=O)N1CC(CN)OC(C)(C)C1. The molecule has 1 aromatic carbocycles. The van der Waals surface area contributed by atoms with Gasteiger partial charge in [-0.05, 0) is 32.4 Å². The lowest BCUT2D eigenvalue weighted by molar-refractivity contribution is -0.112. The van der Waals surface area contributed by atoms with Gasteiger partial charge in [0.15, 0.2) is 0 Å². The first kappa shape index (κ1) is 15.4. The zero-order chi connectivity index (χ0) is 15.0. The van der Waals surface area contributed by atoms with Crippen LogP contribution < -0.4 is 5.73 Å². The van der Waals surface area contributed by atoms with Gasteiger partial charge in [-0.15, -0.1) is 0 Å². The van der Waals surface area contributed by atoms with Crippen molar-refractivity contribution < 1.29 is 13.2 Å². The van der Waals surface area contributed by atoms with Crippen LogP contribution in [-0.4, -0.2) is 44.1 Å². The standard InChI is InChI=1S/C14H22N2O3S/c1-11-6-4-5-7-13(11)20(17,18)16-9-12(8-15)19-14(2,3)10-16/h4-7,12H,8-10,15H2,1-3H3. The summed E-state index contributed by atoms with van der Waals surface area (Å²) >= 11 is 0. The molecule has 1 unspecified atom stereocenters. The maximum atomic E-state index is 12.8. The summed E-state index contributed by atoms with van der Waals surface area (Å²) in [4.78, 5) is 0.355. The molecule has 1 aromatic rings. The number of aryl methyl sites for hydroxylation is 1. The Labute approximate surface area is 120 Å². The van der Waals surface area contributed by atoms with Gasteiger partial charge in [0, 0.05) is 19.6 Å². The molecular weight excluding hydrogens is 276 g/mol. The summed E-state index contributed by atoms with van der Waals surface area (Å²) in [5.41, 5.74) is 5.87. The van der Waals surface area contributed by atoms with Crippen LogP contribution in [0.5, 0.6) is 0 Å². The highest BCUT2D eigenvalue weighted by Crippen LogP contribution is 2.27. The van der Waals surface area contributed by atoms with Crippen LogP contribution >= 0.6 is 0 Å². The van der Waals surface area contributed by atoms with Crippen LogP contribution in [0.3, 0.4) is 0 Å². The lowest BCUT2D eigenvalue weighted by Gasteiger charge is -2.41. The van der Waals surface area contributed by atoms with Gasteiger partial charge in [-0.2, -0.15) is 4.31 Å². The summed E-state index contributed by atoms with van der Waals surface area (Å²) in [6, 6.07) is 7.02. The first-order valence-corrected chi connectivity index (χ1v) is 8.14. The molecule has 0 bridgehead atoms. The topological polar surface area (TPSA) is 72.6 Å². The lowest BCUT2D eigenvalue weighted by Crippen LogP contribution is -2.56. The summed E-state index contributed by atoms with van der Waals surface area (Å²) in [6.07, 6.45) is -0.266. The van der Waals surface area contributed by atoms with Crippen molar-refractivity contribution in [2.75, 3.05) is 19.6 Å². The molecule has 0 aliphatic carbocycles. The molecule has 0 spiro atoms. The second-order valence-electron chi connectivity index (χ2n) is 5.80. The van der Waals surface area contributed by atoms with Crippen molar-refractivity contribution in [3.63, 3.8) is 0 Å². The molecule has 0 amide bonds. The summed E-state index contributed by atoms with van der Waals surface area (Å²) in [5.74, 6) is 0. The van der Waals surface area contributed by atoms with Gasteiger partial charge in [-0.1, -0.05) is 18.2 Å². The van der Waals surface area contributed by atoms with Gasteiger partial charge in [0.05, 0.1) is 16.6 Å². The fourth-order valence-corrected chi connectivity index (χ4v) is 4.38. The number of rotatable bonds is 3. The Morgan fingerprint density at radius 1 is 1.40 bits per heavy atom. The minimum atomic E-state index is -3.51. The molecule has 20 heavy (non-hydrogen) atoms. The number of hydrogen-bond donors (Lipinski definition) is 1. The number of morpholine rings is 1. The molecule has 2 rings (SSSR count). The smallest absolute Gasteiger partial charge is 0.243 e. The zero-order valence-electron chi connectivity index (χ0n) is 12.2. The molecule has 1 saturated heterocycles. The summed E-state index contributed by atoms with van der Waals surface area (Å²) in [7, 11) is -3.51. The second kappa shape index (κ2) is 5.44. The van der Waals surface area contributed by atoms with Gasteiger partial charge in [0.2, 0.25) is 10.0 Å². The predicted octanol–water partition coefficient (Wildman–Crippen LogP) is 1.12. The molecule has 1 aliphatic heterocycles. The van der Waals surface area contributed by atoms with Crippen LogP contribution in [0.2, 0.25) is 0 Å². The van der Waals surface area contributed by atoms with E-state index in [-0.39, 0.29) is 6.10 Å². The number of ether oxygens (including phenoxy) is 1. The number of sulfonamides is 1. The third-order valence-corrected chi connectivity index (χ3v) is 5.40. The molecule has 5 nitrogen and oxygen atoms in total. The van der Waals surface area contributed by atoms with Gasteiger partial charge in [-0.3, -0.25) is 0 Å². The summed E-state index contributed by atoms with van der Waals surface area (Å²) < 4.78 is 32.8. The average Bonchev–Trinajstić information content (AvgIpc) is 2.37. The van der Waals surface area contributed by atoms with Crippen molar-refractivity contribution in [2.24, 2.45) is 5.73 Å². The Morgan fingerprint density at radius 3 is 2.65 bits per heavy atom. The van der Waals surface area contributed by atoms with Crippen molar-refractivity contribution in [1.29, 1.82) is 0 Å². The van der Waals surface area contributed by atoms with E-state index in [1.165, 1.54) is 4.31 Å². The third-order valence-electron chi connectivity index (χ3n) is 3.42. The van der Waals surface area contributed by atoms with Crippen molar-refractivity contribution in [3.8, 4) is 0 Å². The predicted molar refractivity (Wildman–Crippen MR) is 77.9 cm³/mol. The van der Waals surface area contributed by atoms with Crippen molar-refractivity contribution in [1.82, 2.24) is 4.31 Å². The molecule has 1 atom stereocenters. The average molecular weight is 298 g/mol. The van der Waals surface area contributed by atoms with E-state index in [4.69, 9.17) is 10.5 Å². The molecule has 1 heterocycles. The Morgan fingerprint density at radius 2 is 2.05 bits per heavy atom. The van der Waals surface area contributed by atoms with E-state index < -0.39 is 15.6 Å². The van der Waals surface area contributed by atoms with Crippen LogP contribution in [0.1, 0.15) is 19.4 Å². The minimum absolute atomic E-state index is 0.266. The maximum absolute atomic E-state index is 12.8. The Bertz CT molecular complexity index is 584. The minimum Gasteiger partial charge on any atom is -0.368 e. The molecule has 0 radical (unpaired) electrons. The van der Waals surface area contributed by atoms with E-state index in [1.807, 2.05) is 19.9 Å². The Kier molecular flexibility index (Phi) is 4.20. The van der Waals surface area contributed by atoms with E-state index >= 15 is 0 Å². The van der Waals surface area contributed by atoms with Crippen molar-refractivity contribution in [2.45, 2.75) is 37.4 Å². The van der Waals surface area contributed by atoms with Gasteiger partial charge in [-0.25, -0.2) is 8.42 Å². The lowest BCUT2D eigenvalue weighted by atomic mass is 10.1. The van der Waals surface area contributed by atoms with Gasteiger partial charge in [0.25, 0.3) is 0 Å². The van der Waals surface area contributed by atoms with Crippen molar-refractivity contribution >= 4 is 10.0 Å². The van der Waals surface area contributed by atoms with Gasteiger partial charge in [0.1, 0.15) is 0 Å². The zero-order valence-corrected chi connectivity index (χ0v) is 13.0. The largest absolute Gasteiger partial charge is 0.368 e. The highest BCUT2D eigenvalue weighted by molar-refractivity contribution is 7.89. The Hall–Kier alpha value is -0.950. The second-order valence-corrected chi connectivity index (χ2v) is 7.70. The van der Waals surface area contributed by atoms with E-state index in [9.17, 15) is 8.42 Å². The van der Waals surface area contributed by atoms with Crippen LogP contribution in [0.15, 0.2) is 29.2 Å². The maximum Gasteiger partial charge on any atom is 0.243 e. The van der Waals surface area contributed by atoms with Crippen LogP contribution in [0.25, 0.3) is 0 Å². The van der Waals surface area contributed by atoms with Gasteiger partial charge < -0.3 is 10.5 Å². The van der Waals surface area contributed by atoms with E-state index in [1.54, 1.807) is 25.1 Å². The quantitative estimate of drug-likeness (QED) is 0.907. The number of nitrogens with zero attached hydrogens (tertiary/aromatic N) is 1. The van der Waals surface area contributed by atoms with E-state index in [0.29, 0.717) is 24.5 Å². The first-order chi connectivity index (χ1) is 9.26. The molecule has 2 N–H and O–H groups in total. The number of hydrogen-bond acceptors (Lipinski definition) is 4. The number of benzene rings is 1. The molecule has 0 saturated carbocycles. The normalized spacial score (nSPS) is 23.7. The Balaban J connectivity index is 2.36. The summed E-state index contributed by atoms with van der Waals surface area (Å²) in [6.45, 7) is 6.52. The molecule has 1 fully saturated rings. The fourth-order valence-electron chi connectivity index (χ4n) is 2.53. The molecule has 0 aromatic heterocycles. The van der Waals surface area contributed by atoms with Gasteiger partial charge >= 0.3 is 0 Å². The van der Waals surface area contributed by atoms with Crippen LogP contribution in [-0.2, 0) is 14.8 Å². The van der Waals surface area contributed by atoms with Crippen LogP contribution in [0.4, 0.5) is 0 Å². The van der Waals surface area contributed by atoms with Crippen molar-refractivity contribution in [3.05, 3.63) is 29.8 Å². The molecule has 6 heteroatoms. The fraction of sp³-hybridized carbons (Fsp3) is 0.571. The monoisotopic (exact) mass is 298 g/mol. The highest BCUT2D eigenvalue weighted by atomic mass is 32.2. The van der Waals surface area contributed by atoms with Crippen LogP contribution in [0, 0.1) is 6.92 Å². The third kappa shape index (κ3) is 3.03. The highest BCUT2D eigenvalue weighted by Gasteiger charge is 2.39. The first-order valence-electron chi connectivity index (χ1n) is 6.70. The van der Waals surface area contributed by atoms with E-state index in [0.717, 1.165) is 5.56 Å². The molecule has 112 valence electrons. The number of nitrogens with two attached hydrogens (primary N) is 1. The molecule has 1 aliphatic rings. The van der Waals surface area contributed by atoms with E-state index in [2.05, 4.69) is 0 Å².